The number of carbonyl (C=O) groups is 2. The van der Waals surface area contributed by atoms with Crippen molar-refractivity contribution in [1.82, 2.24) is 10.2 Å². The van der Waals surface area contributed by atoms with Gasteiger partial charge in [-0.25, -0.2) is 9.59 Å². The summed E-state index contributed by atoms with van der Waals surface area (Å²) >= 11 is 0. The van der Waals surface area contributed by atoms with Crippen LogP contribution in [0.5, 0.6) is 0 Å². The number of anilines is 1. The molecule has 0 aliphatic heterocycles. The summed E-state index contributed by atoms with van der Waals surface area (Å²) in [5, 5.41) is 14.1. The van der Waals surface area contributed by atoms with Crippen molar-refractivity contribution in [3.05, 3.63) is 29.8 Å². The summed E-state index contributed by atoms with van der Waals surface area (Å²) in [5.74, 6) is -1.02. The number of urea groups is 1. The minimum Gasteiger partial charge on any atom is -0.478 e. The number of hydrogen-bond acceptors (Lipinski definition) is 3. The van der Waals surface area contributed by atoms with Crippen molar-refractivity contribution < 1.29 is 14.7 Å². The van der Waals surface area contributed by atoms with Gasteiger partial charge in [0.15, 0.2) is 0 Å². The van der Waals surface area contributed by atoms with Crippen molar-refractivity contribution in [1.29, 1.82) is 0 Å². The molecule has 0 atom stereocenters. The number of carbonyl (C=O) groups excluding carboxylic acids is 1. The average Bonchev–Trinajstić information content (AvgIpc) is 2.34. The molecule has 0 unspecified atom stereocenters. The van der Waals surface area contributed by atoms with E-state index >= 15 is 0 Å². The maximum atomic E-state index is 11.6. The maximum absolute atomic E-state index is 11.6. The lowest BCUT2D eigenvalue weighted by Crippen LogP contribution is -2.31. The van der Waals surface area contributed by atoms with E-state index in [1.54, 1.807) is 12.1 Å². The highest BCUT2D eigenvalue weighted by Gasteiger charge is 2.05. The molecule has 0 bridgehead atoms. The number of rotatable bonds is 6. The number of aromatic carboxylic acids is 1. The van der Waals surface area contributed by atoms with Crippen LogP contribution < -0.4 is 10.6 Å². The predicted octanol–water partition coefficient (Wildman–Crippen LogP) is 1.46. The Morgan fingerprint density at radius 1 is 1.32 bits per heavy atom. The topological polar surface area (TPSA) is 81.7 Å². The molecule has 2 amide bonds. The molecule has 0 saturated carbocycles. The van der Waals surface area contributed by atoms with Gasteiger partial charge in [-0.1, -0.05) is 6.07 Å². The lowest BCUT2D eigenvalue weighted by Gasteiger charge is -2.10. The molecule has 0 heterocycles. The number of carboxylic acid groups (broad SMARTS) is 1. The molecule has 1 aromatic carbocycles. The van der Waals surface area contributed by atoms with Crippen LogP contribution in [0, 0.1) is 0 Å². The van der Waals surface area contributed by atoms with Crippen LogP contribution in [-0.4, -0.2) is 49.2 Å². The molecule has 0 aliphatic rings. The molecule has 0 aliphatic carbocycles. The van der Waals surface area contributed by atoms with Gasteiger partial charge in [0.05, 0.1) is 5.56 Å². The van der Waals surface area contributed by atoms with Crippen LogP contribution in [0.2, 0.25) is 0 Å². The fraction of sp³-hybridized carbons (Fsp3) is 0.385. The van der Waals surface area contributed by atoms with Gasteiger partial charge in [-0.05, 0) is 45.3 Å². The van der Waals surface area contributed by atoms with E-state index in [2.05, 4.69) is 10.6 Å². The zero-order chi connectivity index (χ0) is 14.3. The first-order valence-corrected chi connectivity index (χ1v) is 6.02. The van der Waals surface area contributed by atoms with Crippen molar-refractivity contribution in [3.63, 3.8) is 0 Å². The summed E-state index contributed by atoms with van der Waals surface area (Å²) in [6, 6.07) is 5.79. The molecule has 0 radical (unpaired) electrons. The van der Waals surface area contributed by atoms with Crippen molar-refractivity contribution in [2.45, 2.75) is 6.42 Å². The first-order valence-electron chi connectivity index (χ1n) is 6.02. The van der Waals surface area contributed by atoms with Crippen LogP contribution in [0.1, 0.15) is 16.8 Å². The molecule has 0 saturated heterocycles. The Labute approximate surface area is 112 Å². The third-order valence-corrected chi connectivity index (χ3v) is 2.44. The summed E-state index contributed by atoms with van der Waals surface area (Å²) in [6.45, 7) is 1.47. The molecule has 3 N–H and O–H groups in total. The average molecular weight is 265 g/mol. The second-order valence-corrected chi connectivity index (χ2v) is 4.42. The summed E-state index contributed by atoms with van der Waals surface area (Å²) in [5.41, 5.74) is 0.607. The van der Waals surface area contributed by atoms with Crippen molar-refractivity contribution >= 4 is 17.7 Å². The van der Waals surface area contributed by atoms with Gasteiger partial charge in [0, 0.05) is 12.2 Å². The number of hydrogen-bond donors (Lipinski definition) is 3. The quantitative estimate of drug-likeness (QED) is 0.680. The SMILES string of the molecule is CN(C)CCCNC(=O)Nc1cccc(C(=O)O)c1. The van der Waals surface area contributed by atoms with E-state index in [-0.39, 0.29) is 11.6 Å². The van der Waals surface area contributed by atoms with Crippen LogP contribution in [0.15, 0.2) is 24.3 Å². The van der Waals surface area contributed by atoms with Gasteiger partial charge in [0.2, 0.25) is 0 Å². The van der Waals surface area contributed by atoms with Crippen molar-refractivity contribution in [3.8, 4) is 0 Å². The van der Waals surface area contributed by atoms with Crippen molar-refractivity contribution in [2.24, 2.45) is 0 Å². The number of nitrogens with zero attached hydrogens (tertiary/aromatic N) is 1. The maximum Gasteiger partial charge on any atom is 0.335 e. The van der Waals surface area contributed by atoms with Crippen molar-refractivity contribution in [2.75, 3.05) is 32.5 Å². The van der Waals surface area contributed by atoms with E-state index < -0.39 is 5.97 Å². The molecule has 0 fully saturated rings. The van der Waals surface area contributed by atoms with Gasteiger partial charge in [0.1, 0.15) is 0 Å². The molecular formula is C13H19N3O3. The normalized spacial score (nSPS) is 10.3. The highest BCUT2D eigenvalue weighted by Crippen LogP contribution is 2.10. The van der Waals surface area contributed by atoms with E-state index in [4.69, 9.17) is 5.11 Å². The van der Waals surface area contributed by atoms with Gasteiger partial charge in [-0.2, -0.15) is 0 Å². The van der Waals surface area contributed by atoms with E-state index in [1.165, 1.54) is 12.1 Å². The van der Waals surface area contributed by atoms with E-state index in [9.17, 15) is 9.59 Å². The molecule has 0 spiro atoms. The monoisotopic (exact) mass is 265 g/mol. The van der Waals surface area contributed by atoms with Crippen LogP contribution in [0.3, 0.4) is 0 Å². The molecule has 6 nitrogen and oxygen atoms in total. The fourth-order valence-corrected chi connectivity index (χ4v) is 1.50. The number of benzene rings is 1. The third-order valence-electron chi connectivity index (χ3n) is 2.44. The zero-order valence-electron chi connectivity index (χ0n) is 11.1. The van der Waals surface area contributed by atoms with Gasteiger partial charge in [0.25, 0.3) is 0 Å². The Morgan fingerprint density at radius 3 is 2.68 bits per heavy atom. The highest BCUT2D eigenvalue weighted by molar-refractivity contribution is 5.93. The zero-order valence-corrected chi connectivity index (χ0v) is 11.1. The van der Waals surface area contributed by atoms with Gasteiger partial charge >= 0.3 is 12.0 Å². The molecule has 19 heavy (non-hydrogen) atoms. The molecule has 104 valence electrons. The highest BCUT2D eigenvalue weighted by atomic mass is 16.4. The Morgan fingerprint density at radius 2 is 2.05 bits per heavy atom. The van der Waals surface area contributed by atoms with Gasteiger partial charge in [-0.15, -0.1) is 0 Å². The second kappa shape index (κ2) is 7.38. The van der Waals surface area contributed by atoms with Crippen LogP contribution in [0.4, 0.5) is 10.5 Å². The van der Waals surface area contributed by atoms with Crippen LogP contribution in [-0.2, 0) is 0 Å². The summed E-state index contributed by atoms with van der Waals surface area (Å²) < 4.78 is 0. The Bertz CT molecular complexity index is 447. The standard InChI is InChI=1S/C13H19N3O3/c1-16(2)8-4-7-14-13(19)15-11-6-3-5-10(9-11)12(17)18/h3,5-6,9H,4,7-8H2,1-2H3,(H,17,18)(H2,14,15,19). The molecule has 6 heteroatoms. The Kier molecular flexibility index (Phi) is 5.81. The number of amides is 2. The number of carboxylic acids is 1. The third kappa shape index (κ3) is 5.87. The van der Waals surface area contributed by atoms with E-state index in [0.717, 1.165) is 13.0 Å². The predicted molar refractivity (Wildman–Crippen MR) is 73.6 cm³/mol. The molecule has 1 rings (SSSR count). The Balaban J connectivity index is 2.40. The number of nitrogens with one attached hydrogen (secondary N) is 2. The minimum absolute atomic E-state index is 0.144. The molecule has 0 aromatic heterocycles. The fourth-order valence-electron chi connectivity index (χ4n) is 1.50. The van der Waals surface area contributed by atoms with E-state index in [0.29, 0.717) is 12.2 Å². The van der Waals surface area contributed by atoms with Gasteiger partial charge < -0.3 is 20.6 Å². The largest absolute Gasteiger partial charge is 0.478 e. The van der Waals surface area contributed by atoms with E-state index in [1.807, 2.05) is 19.0 Å². The first-order chi connectivity index (χ1) is 8.99. The van der Waals surface area contributed by atoms with Crippen LogP contribution in [0.25, 0.3) is 0 Å². The minimum atomic E-state index is -1.02. The molecule has 1 aromatic rings. The summed E-state index contributed by atoms with van der Waals surface area (Å²) in [7, 11) is 3.94. The van der Waals surface area contributed by atoms with Crippen LogP contribution >= 0.6 is 0 Å². The lowest BCUT2D eigenvalue weighted by molar-refractivity contribution is 0.0697. The first kappa shape index (κ1) is 15.0. The smallest absolute Gasteiger partial charge is 0.335 e. The van der Waals surface area contributed by atoms with Gasteiger partial charge in [-0.3, -0.25) is 0 Å². The molecular weight excluding hydrogens is 246 g/mol. The Hall–Kier alpha value is -2.08. The summed E-state index contributed by atoms with van der Waals surface area (Å²) in [4.78, 5) is 24.4. The second-order valence-electron chi connectivity index (χ2n) is 4.42. The summed E-state index contributed by atoms with van der Waals surface area (Å²) in [6.07, 6.45) is 0.857. The lowest BCUT2D eigenvalue weighted by atomic mass is 10.2.